The molecule has 4 aromatic carbocycles. The molecule has 0 aromatic heterocycles. The van der Waals surface area contributed by atoms with E-state index in [2.05, 4.69) is 64.8 Å². The van der Waals surface area contributed by atoms with Gasteiger partial charge in [-0.2, -0.15) is 4.33 Å². The van der Waals surface area contributed by atoms with Crippen LogP contribution in [0.2, 0.25) is 0 Å². The van der Waals surface area contributed by atoms with Crippen molar-refractivity contribution in [1.82, 2.24) is 0 Å². The summed E-state index contributed by atoms with van der Waals surface area (Å²) in [6, 6.07) is 25.0. The number of ether oxygens (including phenoxy) is 4. The van der Waals surface area contributed by atoms with Crippen LogP contribution in [0, 0.1) is 0 Å². The maximum absolute atomic E-state index is 12.3. The minimum atomic E-state index is -4.64. The third kappa shape index (κ3) is 30.9. The van der Waals surface area contributed by atoms with Gasteiger partial charge in [-0.15, -0.1) is 0 Å². The molecule has 0 aliphatic heterocycles. The van der Waals surface area contributed by atoms with Gasteiger partial charge in [0.25, 0.3) is 0 Å². The van der Waals surface area contributed by atoms with Gasteiger partial charge in [0.2, 0.25) is 0 Å². The molecule has 0 bridgehead atoms. The first-order chi connectivity index (χ1) is 40.7. The Hall–Kier alpha value is -3.66. The van der Waals surface area contributed by atoms with Gasteiger partial charge in [0, 0.05) is 24.8 Å². The first kappa shape index (κ1) is 77.4. The Morgan fingerprint density at radius 2 is 0.776 bits per heavy atom. The normalized spacial score (nSPS) is 12.5. The van der Waals surface area contributed by atoms with Crippen molar-refractivity contribution in [2.75, 3.05) is 75.7 Å². The number of carbonyl (C=O) groups excluding carboxylic acids is 2. The van der Waals surface area contributed by atoms with Crippen LogP contribution in [0.4, 0.5) is 0 Å². The van der Waals surface area contributed by atoms with Crippen LogP contribution in [-0.2, 0) is 34.4 Å². The first-order valence-corrected chi connectivity index (χ1v) is 38.6. The molecule has 0 aliphatic carbocycles. The molecule has 480 valence electrons. The van der Waals surface area contributed by atoms with Gasteiger partial charge >= 0.3 is 11.9 Å². The average Bonchev–Trinajstić information content (AvgIpc) is 3.60. The highest BCUT2D eigenvalue weighted by Gasteiger charge is 2.35. The van der Waals surface area contributed by atoms with Gasteiger partial charge in [-0.1, -0.05) is 145 Å². The highest BCUT2D eigenvalue weighted by molar-refractivity contribution is 7.94. The number of aliphatic hydroxyl groups excluding tert-OH is 2. The number of hydrogen-bond donors (Lipinski definition) is 2. The van der Waals surface area contributed by atoms with Gasteiger partial charge in [-0.25, -0.2) is 18.0 Å². The van der Waals surface area contributed by atoms with Crippen molar-refractivity contribution in [2.24, 2.45) is 0 Å². The zero-order valence-corrected chi connectivity index (χ0v) is 56.6. The quantitative estimate of drug-likeness (QED) is 0.0106. The van der Waals surface area contributed by atoms with Gasteiger partial charge in [0.1, 0.15) is 60.3 Å². The fourth-order valence-corrected chi connectivity index (χ4v) is 21.2. The van der Waals surface area contributed by atoms with Crippen LogP contribution in [0.1, 0.15) is 204 Å². The molecule has 0 saturated carbocycles. The second kappa shape index (κ2) is 43.9. The summed E-state index contributed by atoms with van der Waals surface area (Å²) in [5, 5.41) is 33.7. The van der Waals surface area contributed by atoms with Gasteiger partial charge in [0.05, 0.1) is 77.4 Å². The Labute approximate surface area is 518 Å². The molecule has 0 saturated heterocycles. The summed E-state index contributed by atoms with van der Waals surface area (Å²) in [6.07, 6.45) is 33.7. The second-order valence-corrected chi connectivity index (χ2v) is 33.9. The van der Waals surface area contributed by atoms with Crippen molar-refractivity contribution >= 4 is 48.6 Å². The molecule has 0 amide bonds. The summed E-state index contributed by atoms with van der Waals surface area (Å²) >= 11 is 0.689. The summed E-state index contributed by atoms with van der Waals surface area (Å²) in [7, 11) is -5.76. The lowest BCUT2D eigenvalue weighted by Gasteiger charge is -2.28. The predicted molar refractivity (Wildman–Crippen MR) is 349 cm³/mol. The van der Waals surface area contributed by atoms with E-state index in [1.54, 1.807) is 73.6 Å². The van der Waals surface area contributed by atoms with Crippen LogP contribution in [0.15, 0.2) is 107 Å². The third-order valence-electron chi connectivity index (χ3n) is 15.4. The van der Waals surface area contributed by atoms with Crippen LogP contribution >= 0.6 is 26.6 Å². The van der Waals surface area contributed by atoms with E-state index in [0.29, 0.717) is 28.4 Å². The highest BCUT2D eigenvalue weighted by atomic mass is 32.2. The van der Waals surface area contributed by atoms with Crippen LogP contribution in [0.25, 0.3) is 0 Å². The molecule has 0 spiro atoms. The minimum Gasteiger partial charge on any atom is -0.744 e. The molecule has 2 unspecified atom stereocenters. The molecular weight excluding hydrogens is 1150 g/mol. The van der Waals surface area contributed by atoms with E-state index in [0.717, 1.165) is 35.4 Å². The molecule has 0 radical (unpaired) electrons. The van der Waals surface area contributed by atoms with Crippen molar-refractivity contribution < 1.29 is 66.3 Å². The third-order valence-corrected chi connectivity index (χ3v) is 26.9. The van der Waals surface area contributed by atoms with Crippen LogP contribution < -0.4 is 14.7 Å². The summed E-state index contributed by atoms with van der Waals surface area (Å²) in [4.78, 5) is 24.5. The van der Waals surface area contributed by atoms with Gasteiger partial charge in [0.15, 0.2) is 0 Å². The van der Waals surface area contributed by atoms with Crippen molar-refractivity contribution in [3.05, 3.63) is 119 Å². The highest BCUT2D eigenvalue weighted by Crippen LogP contribution is 2.62. The summed E-state index contributed by atoms with van der Waals surface area (Å²) in [6.45, 7) is 22.0. The SMILES string of the molecule is CC(C)(c1ccc(OCC(O)COC(=O)c2ccc(SOO[O-])cc2)cc1)c1ccc(OCC(O)COC(=O)c2ccc(S(=O)(=O)[O-])cc2)cc1.CCCC[P+](CCCC)(CCCC)CCCC.CCCC[P+](CCCC)(CCCC)CCCC. The molecule has 14 nitrogen and oxygen atoms in total. The molecule has 2 atom stereocenters. The molecule has 85 heavy (non-hydrogen) atoms. The zero-order valence-electron chi connectivity index (χ0n) is 53.2. The Morgan fingerprint density at radius 1 is 0.482 bits per heavy atom. The van der Waals surface area contributed by atoms with Gasteiger partial charge < -0.3 is 39.0 Å². The van der Waals surface area contributed by atoms with Crippen LogP contribution in [-0.4, -0.2) is 123 Å². The topological polar surface area (TPSA) is 210 Å². The minimum absolute atomic E-state index is 0.0210. The lowest BCUT2D eigenvalue weighted by molar-refractivity contribution is -0.777. The lowest BCUT2D eigenvalue weighted by atomic mass is 9.78. The lowest BCUT2D eigenvalue weighted by Crippen LogP contribution is -2.25. The Kier molecular flexibility index (Phi) is 40.0. The Morgan fingerprint density at radius 3 is 1.05 bits per heavy atom. The number of esters is 2. The largest absolute Gasteiger partial charge is 0.744 e. The fraction of sp³-hybridized carbons (Fsp3) is 0.612. The average molecular weight is 1260 g/mol. The number of hydrogen-bond acceptors (Lipinski definition) is 15. The van der Waals surface area contributed by atoms with Crippen molar-refractivity contribution in [3.63, 3.8) is 0 Å². The summed E-state index contributed by atoms with van der Waals surface area (Å²) in [5.41, 5.74) is 1.81. The van der Waals surface area contributed by atoms with E-state index >= 15 is 0 Å². The first-order valence-electron chi connectivity index (χ1n) is 31.4. The number of carbonyl (C=O) groups is 2. The fourth-order valence-electron chi connectivity index (χ4n) is 9.84. The van der Waals surface area contributed by atoms with Crippen molar-refractivity contribution in [3.8, 4) is 11.5 Å². The maximum Gasteiger partial charge on any atom is 0.338 e. The number of aliphatic hydroxyl groups is 2. The van der Waals surface area contributed by atoms with Crippen molar-refractivity contribution in [2.45, 2.75) is 199 Å². The zero-order chi connectivity index (χ0) is 63.0. The number of benzene rings is 4. The smallest absolute Gasteiger partial charge is 0.338 e. The monoisotopic (exact) mass is 1260 g/mol. The van der Waals surface area contributed by atoms with E-state index in [4.69, 9.17) is 18.9 Å². The Balaban J connectivity index is 0.000000590. The standard InChI is InChI=1S/C35H36O14S2.2C16H36P/c1-35(2,25-7-11-29(12-8-25)44-19-27(36)21-46-33(38)23-3-15-31(16-4-23)50-49-48-40)26-9-13-30(14-10-26)45-20-28(37)22-47-34(39)24-5-17-32(18-6-24)51(41,42)43;2*1-5-9-13-17(14-10-6-2,15-11-7-3)16-12-8-4/h3-18,27-28,36-37,40H,19-22H2,1-2H3,(H,41,42,43);2*5-16H2,1-4H3/q;2*+1/p-2. The van der Waals surface area contributed by atoms with Gasteiger partial charge in [-0.05, 0) is 135 Å². The summed E-state index contributed by atoms with van der Waals surface area (Å²) < 4.78 is 58.8. The van der Waals surface area contributed by atoms with Crippen LogP contribution in [0.3, 0.4) is 0 Å². The molecule has 0 aliphatic rings. The molecule has 2 N–H and O–H groups in total. The molecular formula is C67H106O14P2S2. The molecule has 4 aromatic rings. The molecule has 0 heterocycles. The predicted octanol–water partition coefficient (Wildman–Crippen LogP) is 15.7. The second-order valence-electron chi connectivity index (χ2n) is 22.8. The van der Waals surface area contributed by atoms with Gasteiger partial charge in [-0.3, -0.25) is 5.04 Å². The summed E-state index contributed by atoms with van der Waals surface area (Å²) in [5.74, 6) is -0.442. The van der Waals surface area contributed by atoms with Crippen molar-refractivity contribution in [1.29, 1.82) is 0 Å². The van der Waals surface area contributed by atoms with E-state index in [1.807, 2.05) is 38.1 Å². The maximum atomic E-state index is 12.3. The molecule has 18 heteroatoms. The number of rotatable bonds is 42. The van der Waals surface area contributed by atoms with E-state index in [9.17, 15) is 38.0 Å². The van der Waals surface area contributed by atoms with E-state index < -0.39 is 59.1 Å². The molecule has 0 fully saturated rings. The van der Waals surface area contributed by atoms with E-state index in [1.165, 1.54) is 127 Å². The van der Waals surface area contributed by atoms with Crippen LogP contribution in [0.5, 0.6) is 11.5 Å². The molecule has 4 rings (SSSR count). The van der Waals surface area contributed by atoms with E-state index in [-0.39, 0.29) is 37.6 Å². The number of unbranched alkanes of at least 4 members (excludes halogenated alkanes) is 8. The Bertz CT molecular complexity index is 2370.